The zero-order valence-electron chi connectivity index (χ0n) is 14.8. The second-order valence-corrected chi connectivity index (χ2v) is 6.13. The van der Waals surface area contributed by atoms with Gasteiger partial charge in [0, 0.05) is 10.6 Å². The molecule has 0 saturated heterocycles. The van der Waals surface area contributed by atoms with Crippen LogP contribution in [0.4, 0.5) is 5.69 Å². The average Bonchev–Trinajstić information content (AvgIpc) is 2.67. The van der Waals surface area contributed by atoms with Crippen molar-refractivity contribution in [2.75, 3.05) is 19.5 Å². The zero-order chi connectivity index (χ0) is 20.0. The zero-order valence-corrected chi connectivity index (χ0v) is 16.3. The second-order valence-electron chi connectivity index (χ2n) is 5.29. The summed E-state index contributed by atoms with van der Waals surface area (Å²) in [5, 5.41) is 6.93. The molecule has 0 unspecified atom stereocenters. The third kappa shape index (κ3) is 5.35. The summed E-state index contributed by atoms with van der Waals surface area (Å²) in [6.45, 7) is 1.67. The van der Waals surface area contributed by atoms with Gasteiger partial charge in [-0.25, -0.2) is 5.43 Å². The monoisotopic (exact) mass is 409 g/mol. The van der Waals surface area contributed by atoms with Gasteiger partial charge in [-0.1, -0.05) is 23.2 Å². The van der Waals surface area contributed by atoms with Crippen LogP contribution in [0.15, 0.2) is 41.5 Å². The molecule has 0 bridgehead atoms. The van der Waals surface area contributed by atoms with Gasteiger partial charge in [0.05, 0.1) is 30.6 Å². The van der Waals surface area contributed by atoms with Crippen molar-refractivity contribution in [2.24, 2.45) is 5.10 Å². The number of nitrogens with one attached hydrogen (secondary N) is 2. The predicted molar refractivity (Wildman–Crippen MR) is 105 cm³/mol. The number of carbonyl (C=O) groups is 2. The standard InChI is InChI=1S/C18H17Cl2N3O4/c1-10(11-4-7-15(26-2)16(8-11)27-3)22-23-18(25)17(24)21-14-9-12(19)5-6-13(14)20/h4-9H,1-3H3,(H,21,24)(H,23,25). The minimum Gasteiger partial charge on any atom is -0.493 e. The van der Waals surface area contributed by atoms with Crippen LogP contribution in [0.1, 0.15) is 12.5 Å². The van der Waals surface area contributed by atoms with Gasteiger partial charge in [0.15, 0.2) is 11.5 Å². The number of benzene rings is 2. The minimum absolute atomic E-state index is 0.227. The number of amides is 2. The van der Waals surface area contributed by atoms with E-state index in [4.69, 9.17) is 32.7 Å². The first-order chi connectivity index (χ1) is 12.8. The highest BCUT2D eigenvalue weighted by Crippen LogP contribution is 2.28. The molecule has 2 aromatic rings. The van der Waals surface area contributed by atoms with Gasteiger partial charge < -0.3 is 14.8 Å². The number of nitrogens with zero attached hydrogens (tertiary/aromatic N) is 1. The molecule has 9 heteroatoms. The maximum absolute atomic E-state index is 12.0. The van der Waals surface area contributed by atoms with Gasteiger partial charge in [-0.3, -0.25) is 9.59 Å². The Morgan fingerprint density at radius 1 is 0.963 bits per heavy atom. The number of rotatable bonds is 5. The number of hydrazone groups is 1. The maximum Gasteiger partial charge on any atom is 0.329 e. The predicted octanol–water partition coefficient (Wildman–Crippen LogP) is 3.49. The fourth-order valence-corrected chi connectivity index (χ4v) is 2.42. The molecule has 27 heavy (non-hydrogen) atoms. The molecule has 0 fully saturated rings. The fraction of sp³-hybridized carbons (Fsp3) is 0.167. The minimum atomic E-state index is -0.953. The van der Waals surface area contributed by atoms with Crippen molar-refractivity contribution in [3.63, 3.8) is 0 Å². The van der Waals surface area contributed by atoms with Gasteiger partial charge in [-0.2, -0.15) is 5.10 Å². The Morgan fingerprint density at radius 2 is 1.67 bits per heavy atom. The summed E-state index contributed by atoms with van der Waals surface area (Å²) in [5.74, 6) is -0.797. The topological polar surface area (TPSA) is 89.0 Å². The summed E-state index contributed by atoms with van der Waals surface area (Å²) in [7, 11) is 3.05. The van der Waals surface area contributed by atoms with E-state index in [1.807, 2.05) is 0 Å². The van der Waals surface area contributed by atoms with E-state index >= 15 is 0 Å². The van der Waals surface area contributed by atoms with E-state index in [9.17, 15) is 9.59 Å². The lowest BCUT2D eigenvalue weighted by Gasteiger charge is -2.10. The number of methoxy groups -OCH3 is 2. The molecule has 7 nitrogen and oxygen atoms in total. The summed E-state index contributed by atoms with van der Waals surface area (Å²) >= 11 is 11.8. The summed E-state index contributed by atoms with van der Waals surface area (Å²) < 4.78 is 10.4. The van der Waals surface area contributed by atoms with Crippen LogP contribution in [0.25, 0.3) is 0 Å². The average molecular weight is 410 g/mol. The molecule has 0 spiro atoms. The van der Waals surface area contributed by atoms with Crippen molar-refractivity contribution in [3.05, 3.63) is 52.0 Å². The number of ether oxygens (including phenoxy) is 2. The molecule has 2 aromatic carbocycles. The van der Waals surface area contributed by atoms with Crippen LogP contribution in [0.5, 0.6) is 11.5 Å². The summed E-state index contributed by atoms with van der Waals surface area (Å²) in [5.41, 5.74) is 3.57. The van der Waals surface area contributed by atoms with Crippen molar-refractivity contribution >= 4 is 46.4 Å². The van der Waals surface area contributed by atoms with E-state index in [1.54, 1.807) is 31.2 Å². The molecule has 0 aromatic heterocycles. The van der Waals surface area contributed by atoms with Crippen LogP contribution < -0.4 is 20.2 Å². The highest BCUT2D eigenvalue weighted by molar-refractivity contribution is 6.42. The first kappa shape index (κ1) is 20.5. The van der Waals surface area contributed by atoms with Crippen molar-refractivity contribution in [3.8, 4) is 11.5 Å². The van der Waals surface area contributed by atoms with Gasteiger partial charge in [-0.15, -0.1) is 0 Å². The highest BCUT2D eigenvalue weighted by atomic mass is 35.5. The normalized spacial score (nSPS) is 10.9. The summed E-state index contributed by atoms with van der Waals surface area (Å²) in [4.78, 5) is 23.9. The third-order valence-corrected chi connectivity index (χ3v) is 4.07. The molecule has 2 amide bonds. The Balaban J connectivity index is 2.06. The van der Waals surface area contributed by atoms with Crippen LogP contribution >= 0.6 is 23.2 Å². The molecular weight excluding hydrogens is 393 g/mol. The Kier molecular flexibility index (Phi) is 7.04. The first-order valence-corrected chi connectivity index (χ1v) is 8.44. The van der Waals surface area contributed by atoms with E-state index in [0.29, 0.717) is 27.8 Å². The molecule has 2 rings (SSSR count). The van der Waals surface area contributed by atoms with Crippen LogP contribution in [0.2, 0.25) is 10.0 Å². The summed E-state index contributed by atoms with van der Waals surface area (Å²) in [6, 6.07) is 9.68. The molecule has 142 valence electrons. The van der Waals surface area contributed by atoms with Crippen LogP contribution in [0.3, 0.4) is 0 Å². The lowest BCUT2D eigenvalue weighted by molar-refractivity contribution is -0.136. The van der Waals surface area contributed by atoms with Crippen molar-refractivity contribution in [1.82, 2.24) is 5.43 Å². The molecule has 2 N–H and O–H groups in total. The van der Waals surface area contributed by atoms with Crippen molar-refractivity contribution in [1.29, 1.82) is 0 Å². The van der Waals surface area contributed by atoms with Gasteiger partial charge in [-0.05, 0) is 43.3 Å². The number of anilines is 1. The van der Waals surface area contributed by atoms with Crippen LogP contribution in [0, 0.1) is 0 Å². The number of hydrogen-bond donors (Lipinski definition) is 2. The van der Waals surface area contributed by atoms with Gasteiger partial charge >= 0.3 is 11.8 Å². The van der Waals surface area contributed by atoms with E-state index in [0.717, 1.165) is 0 Å². The van der Waals surface area contributed by atoms with Crippen molar-refractivity contribution in [2.45, 2.75) is 6.92 Å². The number of halogens is 2. The summed E-state index contributed by atoms with van der Waals surface area (Å²) in [6.07, 6.45) is 0. The molecule has 0 saturated carbocycles. The fourth-order valence-electron chi connectivity index (χ4n) is 2.08. The number of hydrogen-bond acceptors (Lipinski definition) is 5. The van der Waals surface area contributed by atoms with Gasteiger partial charge in [0.25, 0.3) is 0 Å². The lowest BCUT2D eigenvalue weighted by atomic mass is 10.1. The third-order valence-electron chi connectivity index (χ3n) is 3.51. The molecule has 0 aliphatic rings. The van der Waals surface area contributed by atoms with Crippen molar-refractivity contribution < 1.29 is 19.1 Å². The van der Waals surface area contributed by atoms with E-state index < -0.39 is 11.8 Å². The molecule has 0 aliphatic carbocycles. The van der Waals surface area contributed by atoms with Crippen LogP contribution in [-0.2, 0) is 9.59 Å². The van der Waals surface area contributed by atoms with Gasteiger partial charge in [0.1, 0.15) is 0 Å². The molecule has 0 radical (unpaired) electrons. The molecule has 0 aliphatic heterocycles. The van der Waals surface area contributed by atoms with Crippen LogP contribution in [-0.4, -0.2) is 31.7 Å². The first-order valence-electron chi connectivity index (χ1n) is 7.68. The van der Waals surface area contributed by atoms with E-state index in [1.165, 1.54) is 26.4 Å². The molecule has 0 heterocycles. The highest BCUT2D eigenvalue weighted by Gasteiger charge is 2.15. The van der Waals surface area contributed by atoms with Gasteiger partial charge in [0.2, 0.25) is 0 Å². The molecule has 0 atom stereocenters. The Morgan fingerprint density at radius 3 is 2.33 bits per heavy atom. The molecular formula is C18H17Cl2N3O4. The second kappa shape index (κ2) is 9.25. The lowest BCUT2D eigenvalue weighted by Crippen LogP contribution is -2.33. The Bertz CT molecular complexity index is 900. The van der Waals surface area contributed by atoms with E-state index in [-0.39, 0.29) is 10.7 Å². The maximum atomic E-state index is 12.0. The quantitative estimate of drug-likeness (QED) is 0.449. The smallest absolute Gasteiger partial charge is 0.329 e. The Labute approximate surface area is 166 Å². The number of carbonyl (C=O) groups excluding carboxylic acids is 2. The largest absolute Gasteiger partial charge is 0.493 e. The Hall–Kier alpha value is -2.77. The SMILES string of the molecule is COc1ccc(C(C)=NNC(=O)C(=O)Nc2cc(Cl)ccc2Cl)cc1OC. The van der Waals surface area contributed by atoms with E-state index in [2.05, 4.69) is 15.8 Å².